The molecule has 0 saturated carbocycles. The molecule has 0 aliphatic carbocycles. The molecule has 1 aliphatic heterocycles. The lowest BCUT2D eigenvalue weighted by Gasteiger charge is -2.19. The Hall–Kier alpha value is -2.09. The molecule has 2 aromatic carbocycles. The van der Waals surface area contributed by atoms with Gasteiger partial charge in [-0.3, -0.25) is 4.79 Å². The average molecular weight is 408 g/mol. The number of anilines is 2. The Kier molecular flexibility index (Phi) is 5.74. The Labute approximate surface area is 164 Å². The van der Waals surface area contributed by atoms with Crippen LogP contribution in [0.25, 0.3) is 0 Å². The first-order chi connectivity index (χ1) is 12.8. The van der Waals surface area contributed by atoms with Gasteiger partial charge in [0.2, 0.25) is 10.0 Å². The van der Waals surface area contributed by atoms with Crippen molar-refractivity contribution in [3.8, 4) is 0 Å². The summed E-state index contributed by atoms with van der Waals surface area (Å²) in [7, 11) is 0.155. The summed E-state index contributed by atoms with van der Waals surface area (Å²) in [5.74, 6) is -0.390. The van der Waals surface area contributed by atoms with Crippen LogP contribution in [0.1, 0.15) is 23.2 Å². The summed E-state index contributed by atoms with van der Waals surface area (Å²) in [4.78, 5) is 14.7. The van der Waals surface area contributed by atoms with Crippen LogP contribution < -0.4 is 10.2 Å². The van der Waals surface area contributed by atoms with Gasteiger partial charge in [-0.25, -0.2) is 8.42 Å². The minimum atomic E-state index is -3.57. The third-order valence-corrected chi connectivity index (χ3v) is 6.62. The van der Waals surface area contributed by atoms with Crippen LogP contribution >= 0.6 is 11.6 Å². The molecule has 8 heteroatoms. The Morgan fingerprint density at radius 3 is 2.48 bits per heavy atom. The van der Waals surface area contributed by atoms with Gasteiger partial charge in [-0.2, -0.15) is 4.31 Å². The minimum absolute atomic E-state index is 0.135. The molecule has 1 aliphatic rings. The summed E-state index contributed by atoms with van der Waals surface area (Å²) >= 11 is 6.05. The predicted molar refractivity (Wildman–Crippen MR) is 108 cm³/mol. The number of halogens is 1. The van der Waals surface area contributed by atoms with Crippen molar-refractivity contribution in [2.45, 2.75) is 17.7 Å². The van der Waals surface area contributed by atoms with Crippen molar-refractivity contribution in [1.29, 1.82) is 0 Å². The molecular weight excluding hydrogens is 386 g/mol. The molecule has 3 rings (SSSR count). The summed E-state index contributed by atoms with van der Waals surface area (Å²) in [6.07, 6.45) is 1.73. The SMILES string of the molecule is CN(C)c1ccc(Cl)cc1NC(=O)c1cccc(S(=O)(=O)N2CCCC2)c1. The highest BCUT2D eigenvalue weighted by Crippen LogP contribution is 2.28. The van der Waals surface area contributed by atoms with Gasteiger partial charge < -0.3 is 10.2 Å². The van der Waals surface area contributed by atoms with Crippen LogP contribution in [0.5, 0.6) is 0 Å². The van der Waals surface area contributed by atoms with Gasteiger partial charge >= 0.3 is 0 Å². The van der Waals surface area contributed by atoms with Crippen LogP contribution in [0.15, 0.2) is 47.4 Å². The van der Waals surface area contributed by atoms with Gasteiger partial charge in [-0.1, -0.05) is 17.7 Å². The van der Waals surface area contributed by atoms with Crippen LogP contribution in [0, 0.1) is 0 Å². The Balaban J connectivity index is 1.88. The van der Waals surface area contributed by atoms with Crippen LogP contribution in [0.3, 0.4) is 0 Å². The number of benzene rings is 2. The van der Waals surface area contributed by atoms with Crippen molar-refractivity contribution in [2.24, 2.45) is 0 Å². The zero-order valence-electron chi connectivity index (χ0n) is 15.3. The summed E-state index contributed by atoms with van der Waals surface area (Å²) in [6, 6.07) is 11.3. The van der Waals surface area contributed by atoms with Gasteiger partial charge in [-0.05, 0) is 49.2 Å². The molecular formula is C19H22ClN3O3S. The van der Waals surface area contributed by atoms with E-state index in [2.05, 4.69) is 5.32 Å². The molecule has 6 nitrogen and oxygen atoms in total. The molecule has 0 radical (unpaired) electrons. The van der Waals surface area contributed by atoms with Crippen LogP contribution in [0.4, 0.5) is 11.4 Å². The summed E-state index contributed by atoms with van der Waals surface area (Å²) in [5, 5.41) is 3.32. The quantitative estimate of drug-likeness (QED) is 0.824. The van der Waals surface area contributed by atoms with Crippen molar-refractivity contribution in [3.05, 3.63) is 53.1 Å². The maximum Gasteiger partial charge on any atom is 0.255 e. The molecule has 2 aromatic rings. The van der Waals surface area contributed by atoms with Crippen molar-refractivity contribution < 1.29 is 13.2 Å². The number of carbonyl (C=O) groups is 1. The second kappa shape index (κ2) is 7.88. The van der Waals surface area contributed by atoms with Crippen LogP contribution in [0.2, 0.25) is 5.02 Å². The van der Waals surface area contributed by atoms with Gasteiger partial charge in [-0.15, -0.1) is 0 Å². The van der Waals surface area contributed by atoms with E-state index in [0.717, 1.165) is 18.5 Å². The van der Waals surface area contributed by atoms with E-state index >= 15 is 0 Å². The molecule has 0 aromatic heterocycles. The number of nitrogens with zero attached hydrogens (tertiary/aromatic N) is 2. The predicted octanol–water partition coefficient (Wildman–Crippen LogP) is 3.44. The molecule has 144 valence electrons. The zero-order chi connectivity index (χ0) is 19.6. The smallest absolute Gasteiger partial charge is 0.255 e. The van der Waals surface area contributed by atoms with Crippen molar-refractivity contribution in [3.63, 3.8) is 0 Å². The third kappa shape index (κ3) is 4.26. The van der Waals surface area contributed by atoms with E-state index < -0.39 is 10.0 Å². The maximum atomic E-state index is 12.7. The van der Waals surface area contributed by atoms with E-state index in [1.165, 1.54) is 16.4 Å². The number of carbonyl (C=O) groups excluding carboxylic acids is 1. The highest BCUT2D eigenvalue weighted by atomic mass is 35.5. The lowest BCUT2D eigenvalue weighted by molar-refractivity contribution is 0.102. The van der Waals surface area contributed by atoms with Gasteiger partial charge in [0, 0.05) is 37.8 Å². The Morgan fingerprint density at radius 2 is 1.81 bits per heavy atom. The van der Waals surface area contributed by atoms with Crippen LogP contribution in [-0.4, -0.2) is 45.8 Å². The highest BCUT2D eigenvalue weighted by Gasteiger charge is 2.27. The van der Waals surface area contributed by atoms with E-state index in [0.29, 0.717) is 23.8 Å². The summed E-state index contributed by atoms with van der Waals surface area (Å²) < 4.78 is 26.9. The monoisotopic (exact) mass is 407 g/mol. The molecule has 1 N–H and O–H groups in total. The van der Waals surface area contributed by atoms with E-state index in [1.807, 2.05) is 25.1 Å². The fraction of sp³-hybridized carbons (Fsp3) is 0.316. The van der Waals surface area contributed by atoms with E-state index in [1.54, 1.807) is 24.3 Å². The van der Waals surface area contributed by atoms with E-state index in [-0.39, 0.29) is 16.4 Å². The first kappa shape index (κ1) is 19.7. The number of nitrogens with one attached hydrogen (secondary N) is 1. The van der Waals surface area contributed by atoms with Crippen molar-refractivity contribution in [1.82, 2.24) is 4.31 Å². The fourth-order valence-electron chi connectivity index (χ4n) is 3.07. The summed E-state index contributed by atoms with van der Waals surface area (Å²) in [5.41, 5.74) is 1.64. The fourth-order valence-corrected chi connectivity index (χ4v) is 4.80. The van der Waals surface area contributed by atoms with Crippen molar-refractivity contribution in [2.75, 3.05) is 37.4 Å². The highest BCUT2D eigenvalue weighted by molar-refractivity contribution is 7.89. The number of hydrogen-bond acceptors (Lipinski definition) is 4. The first-order valence-electron chi connectivity index (χ1n) is 8.67. The van der Waals surface area contributed by atoms with Crippen LogP contribution in [-0.2, 0) is 10.0 Å². The number of sulfonamides is 1. The molecule has 1 heterocycles. The third-order valence-electron chi connectivity index (χ3n) is 4.49. The lowest BCUT2D eigenvalue weighted by Crippen LogP contribution is -2.28. The average Bonchev–Trinajstić information content (AvgIpc) is 3.17. The second-order valence-electron chi connectivity index (χ2n) is 6.65. The standard InChI is InChI=1S/C19H22ClN3O3S/c1-22(2)18-9-8-15(20)13-17(18)21-19(24)14-6-5-7-16(12-14)27(25,26)23-10-3-4-11-23/h5-9,12-13H,3-4,10-11H2,1-2H3,(H,21,24). The molecule has 1 amide bonds. The zero-order valence-corrected chi connectivity index (χ0v) is 16.8. The topological polar surface area (TPSA) is 69.7 Å². The largest absolute Gasteiger partial charge is 0.376 e. The summed E-state index contributed by atoms with van der Waals surface area (Å²) in [6.45, 7) is 1.04. The normalized spacial score (nSPS) is 14.9. The van der Waals surface area contributed by atoms with Crippen molar-refractivity contribution >= 4 is 38.9 Å². The molecule has 27 heavy (non-hydrogen) atoms. The van der Waals surface area contributed by atoms with Gasteiger partial charge in [0.05, 0.1) is 16.3 Å². The van der Waals surface area contributed by atoms with E-state index in [9.17, 15) is 13.2 Å². The molecule has 0 unspecified atom stereocenters. The van der Waals surface area contributed by atoms with Gasteiger partial charge in [0.25, 0.3) is 5.91 Å². The number of amides is 1. The molecule has 0 spiro atoms. The number of hydrogen-bond donors (Lipinski definition) is 1. The number of rotatable bonds is 5. The molecule has 1 saturated heterocycles. The maximum absolute atomic E-state index is 12.7. The van der Waals surface area contributed by atoms with E-state index in [4.69, 9.17) is 11.6 Å². The van der Waals surface area contributed by atoms with Gasteiger partial charge in [0.1, 0.15) is 0 Å². The lowest BCUT2D eigenvalue weighted by atomic mass is 10.2. The Bertz CT molecular complexity index is 954. The minimum Gasteiger partial charge on any atom is -0.376 e. The molecule has 1 fully saturated rings. The first-order valence-corrected chi connectivity index (χ1v) is 10.5. The van der Waals surface area contributed by atoms with Gasteiger partial charge in [0.15, 0.2) is 0 Å². The second-order valence-corrected chi connectivity index (χ2v) is 9.02. The molecule has 0 bridgehead atoms. The Morgan fingerprint density at radius 1 is 1.11 bits per heavy atom. The molecule has 0 atom stereocenters.